The Balaban J connectivity index is 1.66. The summed E-state index contributed by atoms with van der Waals surface area (Å²) in [6.07, 6.45) is -2.33. The summed E-state index contributed by atoms with van der Waals surface area (Å²) in [6, 6.07) is 9.99. The van der Waals surface area contributed by atoms with Crippen LogP contribution in [0.25, 0.3) is 11.3 Å². The second kappa shape index (κ2) is 14.3. The van der Waals surface area contributed by atoms with Crippen LogP contribution in [0.5, 0.6) is 0 Å². The first-order valence-corrected chi connectivity index (χ1v) is 15.4. The van der Waals surface area contributed by atoms with Crippen molar-refractivity contribution in [3.63, 3.8) is 0 Å². The lowest BCUT2D eigenvalue weighted by atomic mass is 9.89. The molecule has 2 aromatic heterocycles. The predicted octanol–water partition coefficient (Wildman–Crippen LogP) is 5.00. The van der Waals surface area contributed by atoms with E-state index in [0.29, 0.717) is 24.1 Å². The molecule has 43 heavy (non-hydrogen) atoms. The highest BCUT2D eigenvalue weighted by atomic mass is 32.2. The number of benzene rings is 1. The second-order valence-corrected chi connectivity index (χ2v) is 13.0. The number of amides is 1. The average Bonchev–Trinajstić information content (AvgIpc) is 3.42. The van der Waals surface area contributed by atoms with Gasteiger partial charge in [-0.2, -0.15) is 18.3 Å². The summed E-state index contributed by atoms with van der Waals surface area (Å²) in [7, 11) is -3.96. The van der Waals surface area contributed by atoms with E-state index in [1.807, 2.05) is 27.7 Å². The number of rotatable bonds is 13. The highest BCUT2D eigenvalue weighted by Crippen LogP contribution is 2.31. The number of pyridine rings is 1. The van der Waals surface area contributed by atoms with Gasteiger partial charge in [0.15, 0.2) is 5.03 Å². The summed E-state index contributed by atoms with van der Waals surface area (Å²) in [4.78, 5) is 16.8. The van der Waals surface area contributed by atoms with Crippen molar-refractivity contribution in [2.24, 2.45) is 5.41 Å². The van der Waals surface area contributed by atoms with Gasteiger partial charge in [0.25, 0.3) is 10.0 Å². The number of hydrogen-bond donors (Lipinski definition) is 3. The molecule has 2 heterocycles. The van der Waals surface area contributed by atoms with Gasteiger partial charge in [0.2, 0.25) is 0 Å². The average molecular weight is 626 g/mol. The molecule has 3 N–H and O–H groups in total. The van der Waals surface area contributed by atoms with Crippen molar-refractivity contribution in [3.8, 4) is 11.3 Å². The summed E-state index contributed by atoms with van der Waals surface area (Å²) < 4.78 is 73.4. The number of nitrogens with zero attached hydrogens (tertiary/aromatic N) is 3. The SMILES string of the molecule is CCCC[C@H](NC(=O)O[C@H](Cn1ccc(-c2ccc(C(F)(F)F)cc2)n1)C(C)(C)C)[C@@H](O)CNS(=O)(=O)c1ccccn1. The fourth-order valence-electron chi connectivity index (χ4n) is 4.12. The summed E-state index contributed by atoms with van der Waals surface area (Å²) in [5.41, 5.74) is -0.324. The van der Waals surface area contributed by atoms with E-state index in [9.17, 15) is 31.5 Å². The van der Waals surface area contributed by atoms with Gasteiger partial charge in [0.05, 0.1) is 29.9 Å². The standard InChI is InChI=1S/C29H38F3N5O5S/c1-5-6-9-23(24(38)18-34-43(40,41)26-10-7-8-16-33-26)35-27(39)42-25(28(2,3)4)19-37-17-15-22(36-37)20-11-13-21(14-12-20)29(30,31)32/h7-8,10-17,23-25,34,38H,5-6,9,18-19H2,1-4H3,(H,35,39)/t23-,24-,25+/m0/s1. The van der Waals surface area contributed by atoms with Gasteiger partial charge in [-0.3, -0.25) is 4.68 Å². The molecule has 236 valence electrons. The third-order valence-electron chi connectivity index (χ3n) is 6.75. The van der Waals surface area contributed by atoms with Crippen molar-refractivity contribution >= 4 is 16.1 Å². The van der Waals surface area contributed by atoms with E-state index >= 15 is 0 Å². The van der Waals surface area contributed by atoms with E-state index in [2.05, 4.69) is 20.1 Å². The molecule has 0 aliphatic heterocycles. The van der Waals surface area contributed by atoms with E-state index < -0.39 is 51.5 Å². The number of carbonyl (C=O) groups excluding carboxylic acids is 1. The quantitative estimate of drug-likeness (QED) is 0.243. The maximum atomic E-state index is 13.0. The van der Waals surface area contributed by atoms with Crippen LogP contribution in [0.2, 0.25) is 0 Å². The molecule has 0 saturated carbocycles. The molecular weight excluding hydrogens is 587 g/mol. The fourth-order valence-corrected chi connectivity index (χ4v) is 5.12. The van der Waals surface area contributed by atoms with E-state index in [1.165, 1.54) is 30.5 Å². The van der Waals surface area contributed by atoms with Gasteiger partial charge < -0.3 is 15.2 Å². The molecule has 0 fully saturated rings. The number of aliphatic hydroxyl groups excluding tert-OH is 1. The van der Waals surface area contributed by atoms with Crippen molar-refractivity contribution < 1.29 is 36.2 Å². The topological polar surface area (TPSA) is 135 Å². The molecule has 3 rings (SSSR count). The zero-order valence-corrected chi connectivity index (χ0v) is 25.3. The second-order valence-electron chi connectivity index (χ2n) is 11.2. The van der Waals surface area contributed by atoms with Crippen molar-refractivity contribution in [3.05, 3.63) is 66.5 Å². The number of carbonyl (C=O) groups is 1. The number of nitrogens with one attached hydrogen (secondary N) is 2. The van der Waals surface area contributed by atoms with Crippen LogP contribution < -0.4 is 10.0 Å². The Hall–Kier alpha value is -3.49. The van der Waals surface area contributed by atoms with Crippen LogP contribution in [0, 0.1) is 5.41 Å². The lowest BCUT2D eigenvalue weighted by Gasteiger charge is -2.31. The van der Waals surface area contributed by atoms with Crippen LogP contribution in [-0.4, -0.2) is 59.2 Å². The van der Waals surface area contributed by atoms with Crippen molar-refractivity contribution in [2.45, 2.75) is 83.0 Å². The van der Waals surface area contributed by atoms with Gasteiger partial charge in [-0.15, -0.1) is 0 Å². The Bertz CT molecular complexity index is 1430. The van der Waals surface area contributed by atoms with E-state index in [-0.39, 0.29) is 18.1 Å². The molecule has 0 aliphatic carbocycles. The molecule has 0 unspecified atom stereocenters. The molecule has 0 bridgehead atoms. The normalized spacial score (nSPS) is 14.6. The van der Waals surface area contributed by atoms with E-state index in [1.54, 1.807) is 23.0 Å². The molecular formula is C29H38F3N5O5S. The van der Waals surface area contributed by atoms with Crippen LogP contribution in [0.3, 0.4) is 0 Å². The Morgan fingerprint density at radius 3 is 2.37 bits per heavy atom. The third-order valence-corrected chi connectivity index (χ3v) is 8.09. The number of alkyl halides is 3. The van der Waals surface area contributed by atoms with Crippen molar-refractivity contribution in [2.75, 3.05) is 6.54 Å². The summed E-state index contributed by atoms with van der Waals surface area (Å²) in [6.45, 7) is 7.38. The lowest BCUT2D eigenvalue weighted by molar-refractivity contribution is -0.137. The van der Waals surface area contributed by atoms with Gasteiger partial charge in [-0.05, 0) is 36.8 Å². The highest BCUT2D eigenvalue weighted by Gasteiger charge is 2.32. The minimum atomic E-state index is -4.44. The molecule has 10 nitrogen and oxygen atoms in total. The zero-order valence-electron chi connectivity index (χ0n) is 24.5. The lowest BCUT2D eigenvalue weighted by Crippen LogP contribution is -2.50. The van der Waals surface area contributed by atoms with Crippen molar-refractivity contribution in [1.29, 1.82) is 0 Å². The molecule has 3 atom stereocenters. The maximum absolute atomic E-state index is 13.0. The number of aliphatic hydroxyl groups is 1. The minimum Gasteiger partial charge on any atom is -0.444 e. The molecule has 1 aromatic carbocycles. The van der Waals surface area contributed by atoms with E-state index in [4.69, 9.17) is 4.74 Å². The van der Waals surface area contributed by atoms with E-state index in [0.717, 1.165) is 18.6 Å². The molecule has 3 aromatic rings. The third kappa shape index (κ3) is 10.0. The highest BCUT2D eigenvalue weighted by molar-refractivity contribution is 7.89. The van der Waals surface area contributed by atoms with Crippen molar-refractivity contribution in [1.82, 2.24) is 24.8 Å². The Labute approximate surface area is 249 Å². The number of aromatic nitrogens is 3. The first-order valence-electron chi connectivity index (χ1n) is 13.9. The number of hydrogen-bond acceptors (Lipinski definition) is 7. The number of ether oxygens (including phenoxy) is 1. The molecule has 0 aliphatic rings. The zero-order chi connectivity index (χ0) is 31.8. The molecule has 0 radical (unpaired) electrons. The van der Waals surface area contributed by atoms with Crippen LogP contribution in [0.1, 0.15) is 52.5 Å². The van der Waals surface area contributed by atoms with Gasteiger partial charge in [-0.1, -0.05) is 58.7 Å². The summed E-state index contributed by atoms with van der Waals surface area (Å²) in [5.74, 6) is 0. The smallest absolute Gasteiger partial charge is 0.416 e. The first kappa shape index (κ1) is 34.0. The number of halogens is 3. The Morgan fingerprint density at radius 2 is 1.79 bits per heavy atom. The Morgan fingerprint density at radius 1 is 1.09 bits per heavy atom. The van der Waals surface area contributed by atoms with Crippen LogP contribution >= 0.6 is 0 Å². The monoisotopic (exact) mass is 625 g/mol. The van der Waals surface area contributed by atoms with Gasteiger partial charge >= 0.3 is 12.3 Å². The fraction of sp³-hybridized carbons (Fsp3) is 0.483. The Kier molecular flexibility index (Phi) is 11.3. The van der Waals surface area contributed by atoms with Crippen LogP contribution in [-0.2, 0) is 27.5 Å². The molecule has 0 saturated heterocycles. The number of sulfonamides is 1. The minimum absolute atomic E-state index is 0.156. The van der Waals surface area contributed by atoms with Gasteiger partial charge in [0.1, 0.15) is 6.10 Å². The molecule has 0 spiro atoms. The summed E-state index contributed by atoms with van der Waals surface area (Å²) >= 11 is 0. The molecule has 14 heteroatoms. The molecule has 1 amide bonds. The predicted molar refractivity (Wildman–Crippen MR) is 154 cm³/mol. The first-order chi connectivity index (χ1) is 20.1. The van der Waals surface area contributed by atoms with Gasteiger partial charge in [0, 0.05) is 29.9 Å². The number of unbranched alkanes of at least 4 members (excludes halogenated alkanes) is 1. The number of alkyl carbamates (subject to hydrolysis) is 1. The van der Waals surface area contributed by atoms with Crippen LogP contribution in [0.15, 0.2) is 66.0 Å². The van der Waals surface area contributed by atoms with Crippen LogP contribution in [0.4, 0.5) is 18.0 Å². The maximum Gasteiger partial charge on any atom is 0.416 e. The van der Waals surface area contributed by atoms with Gasteiger partial charge in [-0.25, -0.2) is 22.9 Å². The largest absolute Gasteiger partial charge is 0.444 e. The summed E-state index contributed by atoms with van der Waals surface area (Å²) in [5, 5.41) is 17.7.